The van der Waals surface area contributed by atoms with Crippen LogP contribution in [0.3, 0.4) is 0 Å². The van der Waals surface area contributed by atoms with Gasteiger partial charge in [-0.3, -0.25) is 0 Å². The van der Waals surface area contributed by atoms with E-state index in [0.717, 1.165) is 16.7 Å². The quantitative estimate of drug-likeness (QED) is 0.570. The van der Waals surface area contributed by atoms with Crippen molar-refractivity contribution in [2.75, 3.05) is 0 Å². The zero-order valence-electron chi connectivity index (χ0n) is 14.0. The third kappa shape index (κ3) is 3.56. The summed E-state index contributed by atoms with van der Waals surface area (Å²) >= 11 is 0. The van der Waals surface area contributed by atoms with Gasteiger partial charge >= 0.3 is 0 Å². The minimum atomic E-state index is 0.300. The highest BCUT2D eigenvalue weighted by Crippen LogP contribution is 2.35. The lowest BCUT2D eigenvalue weighted by Gasteiger charge is -2.13. The Labute approximate surface area is 148 Å². The first-order chi connectivity index (χ1) is 12.3. The van der Waals surface area contributed by atoms with Crippen molar-refractivity contribution in [3.8, 4) is 5.75 Å². The molecule has 0 bridgehead atoms. The van der Waals surface area contributed by atoms with Crippen LogP contribution in [0.2, 0.25) is 0 Å². The number of phenolic OH excluding ortho intramolecular Hbond substituents is 1. The average Bonchev–Trinajstić information content (AvgIpc) is 3.47. The second kappa shape index (κ2) is 6.82. The summed E-state index contributed by atoms with van der Waals surface area (Å²) in [5.41, 5.74) is 7.03. The van der Waals surface area contributed by atoms with E-state index in [2.05, 4.69) is 60.7 Å². The third-order valence-corrected chi connectivity index (χ3v) is 4.47. The number of allylic oxidation sites excluding steroid dienone is 1. The van der Waals surface area contributed by atoms with Gasteiger partial charge in [0, 0.05) is 5.56 Å². The molecule has 1 nitrogen and oxygen atoms in total. The van der Waals surface area contributed by atoms with Crippen molar-refractivity contribution >= 4 is 17.7 Å². The fourth-order valence-electron chi connectivity index (χ4n) is 3.00. The van der Waals surface area contributed by atoms with E-state index >= 15 is 0 Å². The molecule has 3 aromatic rings. The second-order valence-electron chi connectivity index (χ2n) is 6.37. The minimum Gasteiger partial charge on any atom is -0.507 e. The molecule has 0 aromatic heterocycles. The van der Waals surface area contributed by atoms with Crippen molar-refractivity contribution in [3.05, 3.63) is 107 Å². The highest BCUT2D eigenvalue weighted by molar-refractivity contribution is 5.95. The van der Waals surface area contributed by atoms with E-state index in [4.69, 9.17) is 0 Å². The summed E-state index contributed by atoms with van der Waals surface area (Å²) in [5, 5.41) is 10.2. The lowest BCUT2D eigenvalue weighted by molar-refractivity contribution is 0.474. The van der Waals surface area contributed by atoms with Gasteiger partial charge in [0.15, 0.2) is 0 Å². The first-order valence-corrected chi connectivity index (χ1v) is 8.65. The maximum Gasteiger partial charge on any atom is 0.122 e. The van der Waals surface area contributed by atoms with Crippen LogP contribution in [0.1, 0.15) is 35.1 Å². The van der Waals surface area contributed by atoms with Gasteiger partial charge in [0.1, 0.15) is 5.75 Å². The number of rotatable bonds is 4. The summed E-state index contributed by atoms with van der Waals surface area (Å²) in [6.45, 7) is 0. The molecule has 0 atom stereocenters. The molecular weight excluding hydrogens is 304 g/mol. The van der Waals surface area contributed by atoms with Crippen molar-refractivity contribution in [1.29, 1.82) is 0 Å². The highest BCUT2D eigenvalue weighted by atomic mass is 16.3. The molecule has 0 spiro atoms. The number of hydrogen-bond donors (Lipinski definition) is 1. The van der Waals surface area contributed by atoms with E-state index in [1.165, 1.54) is 29.5 Å². The van der Waals surface area contributed by atoms with Gasteiger partial charge in [0.05, 0.1) is 0 Å². The fraction of sp³-hybridized carbons (Fsp3) is 0.0833. The van der Waals surface area contributed by atoms with Crippen molar-refractivity contribution in [1.82, 2.24) is 0 Å². The van der Waals surface area contributed by atoms with Crippen LogP contribution in [0.4, 0.5) is 0 Å². The maximum absolute atomic E-state index is 10.2. The summed E-state index contributed by atoms with van der Waals surface area (Å²) in [6.07, 6.45) is 6.79. The van der Waals surface area contributed by atoms with Gasteiger partial charge in [-0.2, -0.15) is 0 Å². The molecule has 1 aliphatic carbocycles. The molecule has 0 amide bonds. The summed E-state index contributed by atoms with van der Waals surface area (Å²) in [4.78, 5) is 0. The van der Waals surface area contributed by atoms with Gasteiger partial charge in [0.2, 0.25) is 0 Å². The Balaban J connectivity index is 1.91. The van der Waals surface area contributed by atoms with Gasteiger partial charge in [-0.15, -0.1) is 0 Å². The normalized spacial score (nSPS) is 13.6. The van der Waals surface area contributed by atoms with Crippen molar-refractivity contribution in [2.24, 2.45) is 0 Å². The smallest absolute Gasteiger partial charge is 0.122 e. The highest BCUT2D eigenvalue weighted by Gasteiger charge is 2.14. The van der Waals surface area contributed by atoms with Crippen LogP contribution < -0.4 is 0 Å². The summed E-state index contributed by atoms with van der Waals surface area (Å²) in [6, 6.07) is 26.3. The topological polar surface area (TPSA) is 20.2 Å². The Bertz CT molecular complexity index is 943. The first kappa shape index (κ1) is 15.5. The molecule has 0 saturated heterocycles. The zero-order valence-corrected chi connectivity index (χ0v) is 14.0. The molecule has 0 heterocycles. The van der Waals surface area contributed by atoms with E-state index in [-0.39, 0.29) is 0 Å². The minimum absolute atomic E-state index is 0.300. The fourth-order valence-corrected chi connectivity index (χ4v) is 3.00. The van der Waals surface area contributed by atoms with Gasteiger partial charge in [-0.05, 0) is 47.2 Å². The first-order valence-electron chi connectivity index (χ1n) is 8.65. The van der Waals surface area contributed by atoms with E-state index in [1.54, 1.807) is 6.07 Å². The Kier molecular flexibility index (Phi) is 4.22. The van der Waals surface area contributed by atoms with Crippen LogP contribution in [0, 0.1) is 0 Å². The van der Waals surface area contributed by atoms with E-state index < -0.39 is 0 Å². The Morgan fingerprint density at radius 3 is 2.08 bits per heavy atom. The molecule has 0 radical (unpaired) electrons. The Hall–Kier alpha value is -3.06. The van der Waals surface area contributed by atoms with E-state index in [1.807, 2.05) is 24.3 Å². The SMILES string of the molecule is Oc1ccccc1C=C(c1ccccc1)c1ccccc1C=C1CC1. The lowest BCUT2D eigenvalue weighted by Crippen LogP contribution is -1.92. The number of phenols is 1. The standard InChI is InChI=1S/C24H20O/c25-24-13-7-5-11-21(24)17-23(19-8-2-1-3-9-19)22-12-6-4-10-20(22)16-18-14-15-18/h1-13,16-17,25H,14-15H2. The molecule has 0 unspecified atom stereocenters. The molecule has 1 aliphatic rings. The molecule has 3 aromatic carbocycles. The van der Waals surface area contributed by atoms with Crippen LogP contribution in [-0.4, -0.2) is 5.11 Å². The Morgan fingerprint density at radius 1 is 0.720 bits per heavy atom. The lowest BCUT2D eigenvalue weighted by atomic mass is 9.91. The second-order valence-corrected chi connectivity index (χ2v) is 6.37. The van der Waals surface area contributed by atoms with Crippen molar-refractivity contribution < 1.29 is 5.11 Å². The van der Waals surface area contributed by atoms with Crippen LogP contribution in [0.25, 0.3) is 17.7 Å². The largest absolute Gasteiger partial charge is 0.507 e. The van der Waals surface area contributed by atoms with Crippen LogP contribution >= 0.6 is 0 Å². The predicted molar refractivity (Wildman–Crippen MR) is 105 cm³/mol. The number of aromatic hydroxyl groups is 1. The molecular formula is C24H20O. The number of para-hydroxylation sites is 1. The van der Waals surface area contributed by atoms with Gasteiger partial charge in [-0.25, -0.2) is 0 Å². The molecule has 25 heavy (non-hydrogen) atoms. The van der Waals surface area contributed by atoms with Gasteiger partial charge in [0.25, 0.3) is 0 Å². The summed E-state index contributed by atoms with van der Waals surface area (Å²) in [7, 11) is 0. The van der Waals surface area contributed by atoms with Gasteiger partial charge in [-0.1, -0.05) is 84.4 Å². The molecule has 1 heteroatoms. The van der Waals surface area contributed by atoms with Crippen molar-refractivity contribution in [3.63, 3.8) is 0 Å². The van der Waals surface area contributed by atoms with Crippen LogP contribution in [-0.2, 0) is 0 Å². The molecule has 4 rings (SSSR count). The third-order valence-electron chi connectivity index (χ3n) is 4.47. The van der Waals surface area contributed by atoms with E-state index in [9.17, 15) is 5.11 Å². The molecule has 1 fully saturated rings. The molecule has 1 saturated carbocycles. The van der Waals surface area contributed by atoms with Crippen molar-refractivity contribution in [2.45, 2.75) is 12.8 Å². The number of hydrogen-bond acceptors (Lipinski definition) is 1. The Morgan fingerprint density at radius 2 is 1.36 bits per heavy atom. The summed E-state index contributed by atoms with van der Waals surface area (Å²) < 4.78 is 0. The zero-order chi connectivity index (χ0) is 17.1. The van der Waals surface area contributed by atoms with Crippen LogP contribution in [0.15, 0.2) is 84.4 Å². The van der Waals surface area contributed by atoms with Gasteiger partial charge < -0.3 is 5.11 Å². The predicted octanol–water partition coefficient (Wildman–Crippen LogP) is 6.16. The molecule has 0 aliphatic heterocycles. The average molecular weight is 324 g/mol. The maximum atomic E-state index is 10.2. The van der Waals surface area contributed by atoms with E-state index in [0.29, 0.717) is 5.75 Å². The number of benzene rings is 3. The monoisotopic (exact) mass is 324 g/mol. The van der Waals surface area contributed by atoms with Crippen LogP contribution in [0.5, 0.6) is 5.75 Å². The molecule has 122 valence electrons. The summed E-state index contributed by atoms with van der Waals surface area (Å²) in [5.74, 6) is 0.300. The molecule has 1 N–H and O–H groups in total.